The Hall–Kier alpha value is -1.92. The Balaban J connectivity index is 2.93. The van der Waals surface area contributed by atoms with Crippen LogP contribution in [0, 0.1) is 0 Å². The molecule has 1 aromatic rings. The van der Waals surface area contributed by atoms with Gasteiger partial charge in [-0.1, -0.05) is 13.3 Å². The van der Waals surface area contributed by atoms with Gasteiger partial charge in [0.25, 0.3) is 0 Å². The monoisotopic (exact) mass is 277 g/mol. The van der Waals surface area contributed by atoms with E-state index in [1.807, 2.05) is 0 Å². The van der Waals surface area contributed by atoms with Crippen LogP contribution in [0.2, 0.25) is 0 Å². The number of carboxylic acid groups (broad SMARTS) is 1. The number of ether oxygens (including phenoxy) is 1. The number of anilines is 1. The maximum Gasteiger partial charge on any atom is 0.416 e. The van der Waals surface area contributed by atoms with Gasteiger partial charge in [-0.25, -0.2) is 4.79 Å². The fourth-order valence-electron chi connectivity index (χ4n) is 1.48. The normalized spacial score (nSPS) is 13.1. The van der Waals surface area contributed by atoms with Crippen LogP contribution in [-0.4, -0.2) is 17.2 Å². The number of carbonyl (C=O) groups is 1. The molecular weight excluding hydrogens is 263 g/mol. The van der Waals surface area contributed by atoms with Crippen LogP contribution in [0.1, 0.15) is 25.3 Å². The van der Waals surface area contributed by atoms with Gasteiger partial charge in [-0.3, -0.25) is 0 Å². The van der Waals surface area contributed by atoms with Gasteiger partial charge in [-0.15, -0.1) is 0 Å². The van der Waals surface area contributed by atoms with Gasteiger partial charge in [-0.05, 0) is 24.6 Å². The van der Waals surface area contributed by atoms with Crippen LogP contribution in [0.15, 0.2) is 18.2 Å². The van der Waals surface area contributed by atoms with Gasteiger partial charge in [0.1, 0.15) is 5.75 Å². The number of alkyl halides is 3. The number of carboxylic acids is 1. The average Bonchev–Trinajstić information content (AvgIpc) is 2.29. The van der Waals surface area contributed by atoms with E-state index in [1.54, 1.807) is 6.92 Å². The minimum absolute atomic E-state index is 0.0612. The van der Waals surface area contributed by atoms with E-state index in [0.29, 0.717) is 6.42 Å². The lowest BCUT2D eigenvalue weighted by Gasteiger charge is -2.16. The first-order valence-electron chi connectivity index (χ1n) is 5.62. The third kappa shape index (κ3) is 4.04. The molecule has 4 nitrogen and oxygen atoms in total. The van der Waals surface area contributed by atoms with E-state index >= 15 is 0 Å². The van der Waals surface area contributed by atoms with Gasteiger partial charge in [0.2, 0.25) is 0 Å². The number of benzene rings is 1. The fourth-order valence-corrected chi connectivity index (χ4v) is 1.48. The first kappa shape index (κ1) is 15.1. The van der Waals surface area contributed by atoms with Crippen molar-refractivity contribution in [2.45, 2.75) is 32.0 Å². The maximum atomic E-state index is 12.4. The van der Waals surface area contributed by atoms with Gasteiger partial charge in [-0.2, -0.15) is 13.2 Å². The molecule has 0 spiro atoms. The lowest BCUT2D eigenvalue weighted by Crippen LogP contribution is -2.27. The van der Waals surface area contributed by atoms with Crippen LogP contribution < -0.4 is 10.5 Å². The van der Waals surface area contributed by atoms with E-state index in [4.69, 9.17) is 15.6 Å². The molecule has 19 heavy (non-hydrogen) atoms. The predicted molar refractivity (Wildman–Crippen MR) is 62.8 cm³/mol. The highest BCUT2D eigenvalue weighted by molar-refractivity contribution is 5.73. The van der Waals surface area contributed by atoms with Crippen molar-refractivity contribution < 1.29 is 27.8 Å². The van der Waals surface area contributed by atoms with Gasteiger partial charge < -0.3 is 15.6 Å². The maximum absolute atomic E-state index is 12.4. The topological polar surface area (TPSA) is 72.5 Å². The molecule has 0 aliphatic rings. The Labute approximate surface area is 108 Å². The minimum Gasteiger partial charge on any atom is -0.479 e. The van der Waals surface area contributed by atoms with Gasteiger partial charge >= 0.3 is 12.1 Å². The first-order valence-corrected chi connectivity index (χ1v) is 5.62. The Morgan fingerprint density at radius 3 is 2.53 bits per heavy atom. The molecule has 1 rings (SSSR count). The zero-order valence-electron chi connectivity index (χ0n) is 10.2. The van der Waals surface area contributed by atoms with Gasteiger partial charge in [0.15, 0.2) is 6.10 Å². The molecule has 0 amide bonds. The third-order valence-corrected chi connectivity index (χ3v) is 2.43. The summed E-state index contributed by atoms with van der Waals surface area (Å²) in [6, 6.07) is 2.56. The summed E-state index contributed by atoms with van der Waals surface area (Å²) in [5, 5.41) is 8.89. The summed E-state index contributed by atoms with van der Waals surface area (Å²) in [7, 11) is 0. The van der Waals surface area contributed by atoms with Crippen molar-refractivity contribution in [3.63, 3.8) is 0 Å². The Bertz CT molecular complexity index is 460. The molecular formula is C12H14F3NO3. The number of halogens is 3. The second kappa shape index (κ2) is 5.81. The van der Waals surface area contributed by atoms with Crippen molar-refractivity contribution >= 4 is 11.7 Å². The molecule has 0 aromatic heterocycles. The summed E-state index contributed by atoms with van der Waals surface area (Å²) in [4.78, 5) is 10.9. The number of nitrogens with two attached hydrogens (primary N) is 1. The van der Waals surface area contributed by atoms with Gasteiger partial charge in [0, 0.05) is 0 Å². The van der Waals surface area contributed by atoms with Crippen molar-refractivity contribution in [2.75, 3.05) is 5.73 Å². The van der Waals surface area contributed by atoms with E-state index in [9.17, 15) is 18.0 Å². The second-order valence-electron chi connectivity index (χ2n) is 3.98. The van der Waals surface area contributed by atoms with Crippen LogP contribution >= 0.6 is 0 Å². The van der Waals surface area contributed by atoms with Gasteiger partial charge in [0.05, 0.1) is 11.3 Å². The Morgan fingerprint density at radius 1 is 1.47 bits per heavy atom. The summed E-state index contributed by atoms with van der Waals surface area (Å²) >= 11 is 0. The zero-order valence-corrected chi connectivity index (χ0v) is 10.2. The SMILES string of the molecule is CCCC(Oc1ccc(C(F)(F)F)cc1N)C(=O)O. The quantitative estimate of drug-likeness (QED) is 0.812. The molecule has 106 valence electrons. The molecule has 1 atom stereocenters. The summed E-state index contributed by atoms with van der Waals surface area (Å²) < 4.78 is 42.4. The smallest absolute Gasteiger partial charge is 0.416 e. The minimum atomic E-state index is -4.50. The van der Waals surface area contributed by atoms with Crippen LogP contribution in [0.3, 0.4) is 0 Å². The van der Waals surface area contributed by atoms with E-state index in [-0.39, 0.29) is 17.9 Å². The third-order valence-electron chi connectivity index (χ3n) is 2.43. The van der Waals surface area contributed by atoms with E-state index < -0.39 is 23.8 Å². The van der Waals surface area contributed by atoms with Crippen molar-refractivity contribution in [1.29, 1.82) is 0 Å². The number of nitrogen functional groups attached to an aromatic ring is 1. The average molecular weight is 277 g/mol. The van der Waals surface area contributed by atoms with Crippen LogP contribution in [0.4, 0.5) is 18.9 Å². The largest absolute Gasteiger partial charge is 0.479 e. The first-order chi connectivity index (χ1) is 8.75. The molecule has 0 radical (unpaired) electrons. The van der Waals surface area contributed by atoms with Crippen LogP contribution in [0.25, 0.3) is 0 Å². The molecule has 1 unspecified atom stereocenters. The standard InChI is InChI=1S/C12H14F3NO3/c1-2-3-10(11(17)18)19-9-5-4-7(6-8(9)16)12(13,14)15/h4-6,10H,2-3,16H2,1H3,(H,17,18). The molecule has 0 aliphatic heterocycles. The zero-order chi connectivity index (χ0) is 14.6. The van der Waals surface area contributed by atoms with E-state index in [0.717, 1.165) is 18.2 Å². The summed E-state index contributed by atoms with van der Waals surface area (Å²) in [5.41, 5.74) is 4.30. The van der Waals surface area contributed by atoms with Crippen molar-refractivity contribution in [3.8, 4) is 5.75 Å². The molecule has 0 bridgehead atoms. The number of hydrogen-bond donors (Lipinski definition) is 2. The predicted octanol–water partition coefficient (Wildman–Crippen LogP) is 2.92. The van der Waals surface area contributed by atoms with Crippen molar-refractivity contribution in [1.82, 2.24) is 0 Å². The second-order valence-corrected chi connectivity index (χ2v) is 3.98. The molecule has 3 N–H and O–H groups in total. The summed E-state index contributed by atoms with van der Waals surface area (Å²) in [6.07, 6.45) is -4.81. The highest BCUT2D eigenvalue weighted by atomic mass is 19.4. The number of rotatable bonds is 5. The van der Waals surface area contributed by atoms with Crippen LogP contribution in [0.5, 0.6) is 5.75 Å². The van der Waals surface area contributed by atoms with Crippen molar-refractivity contribution in [3.05, 3.63) is 23.8 Å². The number of hydrogen-bond acceptors (Lipinski definition) is 3. The summed E-state index contributed by atoms with van der Waals surface area (Å²) in [5.74, 6) is -1.24. The van der Waals surface area contributed by atoms with Crippen molar-refractivity contribution in [2.24, 2.45) is 0 Å². The number of aliphatic carboxylic acids is 1. The Kier molecular flexibility index (Phi) is 4.63. The molecule has 0 heterocycles. The van der Waals surface area contributed by atoms with Crippen LogP contribution in [-0.2, 0) is 11.0 Å². The van der Waals surface area contributed by atoms with E-state index in [1.165, 1.54) is 0 Å². The molecule has 0 aliphatic carbocycles. The highest BCUT2D eigenvalue weighted by Gasteiger charge is 2.31. The van der Waals surface area contributed by atoms with E-state index in [2.05, 4.69) is 0 Å². The Morgan fingerprint density at radius 2 is 2.11 bits per heavy atom. The molecule has 7 heteroatoms. The highest BCUT2D eigenvalue weighted by Crippen LogP contribution is 2.34. The molecule has 0 saturated carbocycles. The molecule has 0 saturated heterocycles. The lowest BCUT2D eigenvalue weighted by atomic mass is 10.1. The molecule has 0 fully saturated rings. The lowest BCUT2D eigenvalue weighted by molar-refractivity contribution is -0.145. The fraction of sp³-hybridized carbons (Fsp3) is 0.417. The summed E-state index contributed by atoms with van der Waals surface area (Å²) in [6.45, 7) is 1.77. The molecule has 1 aromatic carbocycles.